The minimum atomic E-state index is -1.51. The number of allylic oxidation sites excluding steroid dienone is 2. The zero-order valence-electron chi connectivity index (χ0n) is 51.5. The van der Waals surface area contributed by atoms with Gasteiger partial charge < -0.3 is 49.1 Å². The molecular formula is C71H95N3O13. The van der Waals surface area contributed by atoms with E-state index < -0.39 is 48.2 Å². The summed E-state index contributed by atoms with van der Waals surface area (Å²) in [6.07, 6.45) is 23.4. The number of hydrogen-bond donors (Lipinski definition) is 6. The number of aliphatic hydroxyl groups is 2. The van der Waals surface area contributed by atoms with E-state index in [1.165, 1.54) is 51.9 Å². The van der Waals surface area contributed by atoms with Gasteiger partial charge in [0.05, 0.1) is 36.3 Å². The Kier molecular flexibility index (Phi) is 25.0. The van der Waals surface area contributed by atoms with Crippen LogP contribution in [-0.2, 0) is 38.0 Å². The van der Waals surface area contributed by atoms with Crippen LogP contribution in [0.1, 0.15) is 190 Å². The maximum absolute atomic E-state index is 12.7. The molecular weight excluding hydrogens is 1100 g/mol. The Bertz CT molecular complexity index is 2800. The van der Waals surface area contributed by atoms with E-state index in [2.05, 4.69) is 48.2 Å². The van der Waals surface area contributed by atoms with Gasteiger partial charge in [0.1, 0.15) is 25.7 Å². The Balaban J connectivity index is 0.000000188. The third-order valence-electron chi connectivity index (χ3n) is 18.1. The Morgan fingerprint density at radius 1 is 0.552 bits per heavy atom. The topological polar surface area (TPSA) is 220 Å². The van der Waals surface area contributed by atoms with Gasteiger partial charge in [-0.15, -0.1) is 13.2 Å². The Morgan fingerprint density at radius 3 is 1.25 bits per heavy atom. The molecule has 87 heavy (non-hydrogen) atoms. The predicted octanol–water partition coefficient (Wildman–Crippen LogP) is 13.7. The fourth-order valence-electron chi connectivity index (χ4n) is 13.2. The Hall–Kier alpha value is -6.40. The van der Waals surface area contributed by atoms with Crippen LogP contribution in [0.5, 0.6) is 0 Å². The molecule has 0 saturated carbocycles. The van der Waals surface area contributed by atoms with Crippen LogP contribution in [0.15, 0.2) is 122 Å². The molecule has 0 radical (unpaired) electrons. The first kappa shape index (κ1) is 66.6. The lowest BCUT2D eigenvalue weighted by Crippen LogP contribution is -2.48. The van der Waals surface area contributed by atoms with Gasteiger partial charge in [-0.05, 0) is 155 Å². The van der Waals surface area contributed by atoms with Crippen molar-refractivity contribution in [3.8, 4) is 22.3 Å². The average Bonchev–Trinajstić information content (AvgIpc) is 1.76. The second-order valence-corrected chi connectivity index (χ2v) is 24.4. The molecule has 4 aromatic rings. The number of fused-ring (bicyclic) bond motifs is 6. The van der Waals surface area contributed by atoms with E-state index in [0.29, 0.717) is 18.8 Å². The van der Waals surface area contributed by atoms with Crippen molar-refractivity contribution in [2.24, 2.45) is 11.8 Å². The molecule has 10 atom stereocenters. The largest absolute Gasteiger partial charge is 0.481 e. The molecule has 4 aliphatic heterocycles. The van der Waals surface area contributed by atoms with Crippen LogP contribution in [0, 0.1) is 11.8 Å². The highest BCUT2D eigenvalue weighted by Gasteiger charge is 2.44. The number of unbranched alkanes of at least 4 members (excludes halogenated alkanes) is 1. The number of aliphatic hydroxyl groups excluding tert-OH is 2. The van der Waals surface area contributed by atoms with Gasteiger partial charge in [0.25, 0.3) is 0 Å². The van der Waals surface area contributed by atoms with Crippen LogP contribution in [0.25, 0.3) is 22.3 Å². The first-order chi connectivity index (χ1) is 42.2. The van der Waals surface area contributed by atoms with Gasteiger partial charge in [-0.25, -0.2) is 9.59 Å². The number of amides is 3. The minimum absolute atomic E-state index is 0.0811. The summed E-state index contributed by atoms with van der Waals surface area (Å²) in [7, 11) is 0. The lowest BCUT2D eigenvalue weighted by atomic mass is 9.91. The Labute approximate surface area is 515 Å². The van der Waals surface area contributed by atoms with Crippen molar-refractivity contribution in [1.82, 2.24) is 16.0 Å². The van der Waals surface area contributed by atoms with E-state index in [9.17, 15) is 29.4 Å². The molecule has 4 saturated heterocycles. The third-order valence-corrected chi connectivity index (χ3v) is 18.1. The molecule has 0 bridgehead atoms. The number of alkyl carbamates (subject to hydrolysis) is 2. The quantitative estimate of drug-likeness (QED) is 0.0231. The van der Waals surface area contributed by atoms with E-state index in [4.69, 9.17) is 33.5 Å². The van der Waals surface area contributed by atoms with Gasteiger partial charge in [-0.2, -0.15) is 0 Å². The van der Waals surface area contributed by atoms with Crippen LogP contribution >= 0.6 is 0 Å². The molecule has 16 heteroatoms. The number of nitrogens with one attached hydrogen (secondary N) is 3. The summed E-state index contributed by atoms with van der Waals surface area (Å²) in [5.74, 6) is -4.35. The van der Waals surface area contributed by atoms with Crippen molar-refractivity contribution in [3.05, 3.63) is 145 Å². The predicted molar refractivity (Wildman–Crippen MR) is 335 cm³/mol. The molecule has 6 N–H and O–H groups in total. The summed E-state index contributed by atoms with van der Waals surface area (Å²) in [6, 6.07) is 32.1. The second-order valence-electron chi connectivity index (χ2n) is 24.4. The van der Waals surface area contributed by atoms with Gasteiger partial charge in [0.2, 0.25) is 5.91 Å². The molecule has 4 aromatic carbocycles. The molecule has 6 aliphatic rings. The molecule has 0 unspecified atom stereocenters. The number of ether oxygens (including phenoxy) is 6. The molecule has 0 aromatic heterocycles. The number of carbonyl (C=O) groups excluding carboxylic acids is 3. The van der Waals surface area contributed by atoms with Gasteiger partial charge in [-0.3, -0.25) is 20.2 Å². The number of carboxylic acids is 1. The molecule has 4 heterocycles. The molecule has 10 rings (SSSR count). The molecule has 4 fully saturated rings. The number of benzene rings is 4. The average molecular weight is 1200 g/mol. The number of carboxylic acid groups (broad SMARTS) is 1. The van der Waals surface area contributed by atoms with E-state index in [-0.39, 0.29) is 49.0 Å². The lowest BCUT2D eigenvalue weighted by Gasteiger charge is -2.46. The van der Waals surface area contributed by atoms with Gasteiger partial charge in [0, 0.05) is 44.1 Å². The molecule has 2 aliphatic carbocycles. The number of rotatable bonds is 23. The van der Waals surface area contributed by atoms with Crippen molar-refractivity contribution < 1.29 is 62.9 Å². The fourth-order valence-corrected chi connectivity index (χ4v) is 13.2. The summed E-state index contributed by atoms with van der Waals surface area (Å²) < 4.78 is 36.4. The summed E-state index contributed by atoms with van der Waals surface area (Å²) in [5.41, 5.74) is 8.89. The van der Waals surface area contributed by atoms with Gasteiger partial charge >= 0.3 is 18.2 Å². The highest BCUT2D eigenvalue weighted by atomic mass is 16.7. The summed E-state index contributed by atoms with van der Waals surface area (Å²) >= 11 is 0. The minimum Gasteiger partial charge on any atom is -0.481 e. The number of carbonyl (C=O) groups is 4. The first-order valence-corrected chi connectivity index (χ1v) is 32.2. The molecule has 472 valence electrons. The molecule has 3 amide bonds. The Morgan fingerprint density at radius 2 is 0.897 bits per heavy atom. The first-order valence-electron chi connectivity index (χ1n) is 32.2. The van der Waals surface area contributed by atoms with Crippen LogP contribution in [0.3, 0.4) is 0 Å². The summed E-state index contributed by atoms with van der Waals surface area (Å²) in [6.45, 7) is 13.5. The van der Waals surface area contributed by atoms with Crippen molar-refractivity contribution in [2.45, 2.75) is 216 Å². The second kappa shape index (κ2) is 32.7. The van der Waals surface area contributed by atoms with Crippen molar-refractivity contribution in [3.63, 3.8) is 0 Å². The normalized spacial score (nSPS) is 24.1. The van der Waals surface area contributed by atoms with E-state index >= 15 is 0 Å². The maximum atomic E-state index is 12.7. The SMILES string of the molecule is C=CCC[C@@H]1CCC[C@]2(CCC[C@@H](CCCC)O2)O1.C=CCC[C@@H]1CCC[C@]2(CCC[C@@H](CCCNC(=O)[C@@H](C)[C@@H](O)NC(=O)OCC3c4ccccc4-c4ccccc43)O2)O1.C[C@H](C(=O)O)[C@@H](O)NC(=O)OCC1c2ccccc2-c2ccccc21. The highest BCUT2D eigenvalue weighted by Crippen LogP contribution is 2.47. The zero-order valence-corrected chi connectivity index (χ0v) is 51.5. The van der Waals surface area contributed by atoms with Crippen molar-refractivity contribution >= 4 is 24.1 Å². The van der Waals surface area contributed by atoms with Crippen LogP contribution in [0.2, 0.25) is 0 Å². The lowest BCUT2D eigenvalue weighted by molar-refractivity contribution is -0.316. The zero-order chi connectivity index (χ0) is 61.8. The maximum Gasteiger partial charge on any atom is 0.409 e. The van der Waals surface area contributed by atoms with Crippen molar-refractivity contribution in [2.75, 3.05) is 19.8 Å². The molecule has 16 nitrogen and oxygen atoms in total. The number of hydrogen-bond acceptors (Lipinski definition) is 12. The smallest absolute Gasteiger partial charge is 0.409 e. The third kappa shape index (κ3) is 18.1. The van der Waals surface area contributed by atoms with Crippen LogP contribution < -0.4 is 16.0 Å². The van der Waals surface area contributed by atoms with Gasteiger partial charge in [-0.1, -0.05) is 129 Å². The number of aliphatic carboxylic acids is 1. The van der Waals surface area contributed by atoms with Crippen molar-refractivity contribution in [1.29, 1.82) is 0 Å². The van der Waals surface area contributed by atoms with E-state index in [1.807, 2.05) is 97.1 Å². The van der Waals surface area contributed by atoms with Crippen LogP contribution in [-0.4, -0.2) is 108 Å². The molecule has 2 spiro atoms. The van der Waals surface area contributed by atoms with E-state index in [0.717, 1.165) is 134 Å². The van der Waals surface area contributed by atoms with Gasteiger partial charge in [0.15, 0.2) is 11.6 Å². The summed E-state index contributed by atoms with van der Waals surface area (Å²) in [5, 5.41) is 36.5. The van der Waals surface area contributed by atoms with E-state index in [1.54, 1.807) is 6.92 Å². The fraction of sp³-hybridized carbons (Fsp3) is 0.549. The highest BCUT2D eigenvalue weighted by molar-refractivity contribution is 5.81. The monoisotopic (exact) mass is 1200 g/mol. The standard InChI is InChI=1S/C35H46N2O6.C19H19NO5.C17H30O2/c1-3-4-12-25-13-9-20-35(42-25)21-10-14-26(43-35)15-11-22-36-32(38)24(2)33(39)37-34(40)41-23-31-29-18-7-5-16-27(29)28-17-6-8-19-30(28)31;1-11(18(22)23)17(21)20-19(24)25-10-16-14-8-4-2-6-12(14)13-7-3-5-9-15(13)16;1-3-5-9-15-11-7-13-17(18-15)14-8-12-16(19-17)10-6-4-2/h3,5-8,16-19,24-26,31,33,39H,1,4,9-15,20-23H2,2H3,(H,36,38)(H,37,40);2-9,11,16-17,21H,10H2,1H3,(H,20,24)(H,22,23);3,15-16H,1,4-14H2,2H3/t24-,25-,26+,33-,35+;11-,17+;15-,16-,17+/m101/s1. The van der Waals surface area contributed by atoms with Crippen LogP contribution in [0.4, 0.5) is 9.59 Å². The summed E-state index contributed by atoms with van der Waals surface area (Å²) in [4.78, 5) is 47.9.